The van der Waals surface area contributed by atoms with Gasteiger partial charge in [-0.3, -0.25) is 0 Å². The first kappa shape index (κ1) is 21.4. The van der Waals surface area contributed by atoms with E-state index in [2.05, 4.69) is 16.4 Å². The van der Waals surface area contributed by atoms with Gasteiger partial charge in [0, 0.05) is 11.8 Å². The summed E-state index contributed by atoms with van der Waals surface area (Å²) in [5.41, 5.74) is 3.48. The topological polar surface area (TPSA) is 99.3 Å². The average Bonchev–Trinajstić information content (AvgIpc) is 2.84. The maximum atomic E-state index is 11.0. The number of phenolic OH excluding ortho intramolecular Hbond substituents is 1. The van der Waals surface area contributed by atoms with Crippen LogP contribution in [0.15, 0.2) is 107 Å². The molecule has 0 aromatic heterocycles. The molecule has 162 valence electrons. The third kappa shape index (κ3) is 4.59. The first-order valence-corrected chi connectivity index (χ1v) is 10.6. The van der Waals surface area contributed by atoms with Crippen LogP contribution in [0.4, 0.5) is 5.69 Å². The molecular weight excluding hydrogens is 404 g/mol. The van der Waals surface area contributed by atoms with Crippen molar-refractivity contribution in [3.63, 3.8) is 0 Å². The van der Waals surface area contributed by atoms with Crippen molar-refractivity contribution < 1.29 is 10.2 Å². The Balaban J connectivity index is 1.83. The lowest BCUT2D eigenvalue weighted by atomic mass is 9.68. The lowest BCUT2D eigenvalue weighted by Gasteiger charge is -2.35. The zero-order valence-corrected chi connectivity index (χ0v) is 17.4. The Bertz CT molecular complexity index is 1100. The zero-order valence-electron chi connectivity index (χ0n) is 17.4. The number of aromatic hydroxyl groups is 1. The molecule has 2 N–H and O–H groups in total. The van der Waals surface area contributed by atoms with Gasteiger partial charge in [-0.05, 0) is 77.1 Å². The molecule has 2 aromatic rings. The van der Waals surface area contributed by atoms with Gasteiger partial charge in [0.2, 0.25) is 0 Å². The standard InChI is InChI=1S/C26H24N2O4/c29-23-13-5-19(6-14-23)25(17-1-9-21(27-31)10-2-17)26(20-7-15-24(30)16-8-20)18-3-11-22(28-32)12-4-18/h1-7,9,11-16,20-21,25-26,29-30H,8,10H2. The highest BCUT2D eigenvalue weighted by Gasteiger charge is 2.34. The van der Waals surface area contributed by atoms with Gasteiger partial charge in [-0.25, -0.2) is 0 Å². The molecule has 0 spiro atoms. The van der Waals surface area contributed by atoms with Gasteiger partial charge < -0.3 is 10.2 Å². The van der Waals surface area contributed by atoms with Crippen molar-refractivity contribution in [1.29, 1.82) is 0 Å². The lowest BCUT2D eigenvalue weighted by molar-refractivity contribution is 0.403. The molecule has 6 heteroatoms. The van der Waals surface area contributed by atoms with E-state index in [1.807, 2.05) is 48.6 Å². The molecule has 6 nitrogen and oxygen atoms in total. The van der Waals surface area contributed by atoms with Gasteiger partial charge in [-0.15, -0.1) is 4.91 Å². The van der Waals surface area contributed by atoms with E-state index in [9.17, 15) is 20.0 Å². The second-order valence-electron chi connectivity index (χ2n) is 8.14. The molecule has 0 radical (unpaired) electrons. The summed E-state index contributed by atoms with van der Waals surface area (Å²) >= 11 is 0. The summed E-state index contributed by atoms with van der Waals surface area (Å²) in [4.78, 5) is 22.0. The summed E-state index contributed by atoms with van der Waals surface area (Å²) in [6.45, 7) is 0. The average molecular weight is 428 g/mol. The van der Waals surface area contributed by atoms with Crippen molar-refractivity contribution in [3.05, 3.63) is 117 Å². The van der Waals surface area contributed by atoms with E-state index in [0.717, 1.165) is 16.7 Å². The maximum absolute atomic E-state index is 11.0. The highest BCUT2D eigenvalue weighted by atomic mass is 16.3. The second kappa shape index (κ2) is 9.56. The van der Waals surface area contributed by atoms with Crippen LogP contribution in [0.1, 0.15) is 35.8 Å². The summed E-state index contributed by atoms with van der Waals surface area (Å²) in [7, 11) is 0. The molecule has 2 aromatic carbocycles. The number of aliphatic hydroxyl groups is 1. The SMILES string of the molecule is O=Nc1ccc(C(C2C=CC(O)=CC2)C(C2=CCC(N=O)C=C2)c2ccc(O)cc2)cc1. The Morgan fingerprint density at radius 2 is 1.53 bits per heavy atom. The number of hydrogen-bond acceptors (Lipinski definition) is 6. The fourth-order valence-electron chi connectivity index (χ4n) is 4.56. The van der Waals surface area contributed by atoms with Gasteiger partial charge >= 0.3 is 0 Å². The fraction of sp³-hybridized carbons (Fsp3) is 0.231. The zero-order chi connectivity index (χ0) is 22.5. The highest BCUT2D eigenvalue weighted by molar-refractivity contribution is 5.47. The third-order valence-corrected chi connectivity index (χ3v) is 6.17. The van der Waals surface area contributed by atoms with Crippen LogP contribution < -0.4 is 0 Å². The van der Waals surface area contributed by atoms with E-state index >= 15 is 0 Å². The molecule has 0 saturated carbocycles. The van der Waals surface area contributed by atoms with Gasteiger partial charge in [-0.1, -0.05) is 53.7 Å². The van der Waals surface area contributed by atoms with Crippen molar-refractivity contribution >= 4 is 5.69 Å². The maximum Gasteiger partial charge on any atom is 0.115 e. The first-order valence-electron chi connectivity index (χ1n) is 10.6. The predicted molar refractivity (Wildman–Crippen MR) is 125 cm³/mol. The quantitative estimate of drug-likeness (QED) is 0.479. The first-order chi connectivity index (χ1) is 15.6. The smallest absolute Gasteiger partial charge is 0.115 e. The monoisotopic (exact) mass is 428 g/mol. The Morgan fingerprint density at radius 3 is 2.09 bits per heavy atom. The van der Waals surface area contributed by atoms with Crippen LogP contribution in [-0.4, -0.2) is 16.3 Å². The van der Waals surface area contributed by atoms with Crippen LogP contribution in [0.3, 0.4) is 0 Å². The lowest BCUT2D eigenvalue weighted by Crippen LogP contribution is -2.22. The molecule has 4 unspecified atom stereocenters. The van der Waals surface area contributed by atoms with Crippen LogP contribution in [0.25, 0.3) is 0 Å². The Kier molecular flexibility index (Phi) is 6.40. The van der Waals surface area contributed by atoms with Crippen molar-refractivity contribution in [2.75, 3.05) is 0 Å². The minimum atomic E-state index is -0.370. The van der Waals surface area contributed by atoms with Crippen molar-refractivity contribution in [1.82, 2.24) is 0 Å². The molecular formula is C26H24N2O4. The van der Waals surface area contributed by atoms with Gasteiger partial charge in [0.1, 0.15) is 23.2 Å². The Morgan fingerprint density at radius 1 is 0.812 bits per heavy atom. The largest absolute Gasteiger partial charge is 0.508 e. The van der Waals surface area contributed by atoms with E-state index in [1.54, 1.807) is 30.3 Å². The molecule has 0 aliphatic heterocycles. The normalized spacial score (nSPS) is 21.9. The number of nitroso groups, excluding NO2 is 2. The number of phenols is 1. The Labute approximate surface area is 186 Å². The van der Waals surface area contributed by atoms with Crippen LogP contribution >= 0.6 is 0 Å². The molecule has 32 heavy (non-hydrogen) atoms. The number of benzene rings is 2. The molecule has 0 fully saturated rings. The number of nitrogens with zero attached hydrogens (tertiary/aromatic N) is 2. The number of hydrogen-bond donors (Lipinski definition) is 2. The minimum absolute atomic E-state index is 0.0301. The van der Waals surface area contributed by atoms with Gasteiger partial charge in [0.05, 0.1) is 0 Å². The highest BCUT2D eigenvalue weighted by Crippen LogP contribution is 2.47. The fourth-order valence-corrected chi connectivity index (χ4v) is 4.56. The third-order valence-electron chi connectivity index (χ3n) is 6.17. The molecule has 0 bridgehead atoms. The van der Waals surface area contributed by atoms with Crippen LogP contribution in [0.2, 0.25) is 0 Å². The molecule has 4 atom stereocenters. The van der Waals surface area contributed by atoms with E-state index in [4.69, 9.17) is 0 Å². The summed E-state index contributed by atoms with van der Waals surface area (Å²) in [6, 6.07) is 14.0. The summed E-state index contributed by atoms with van der Waals surface area (Å²) in [6.07, 6.45) is 12.6. The minimum Gasteiger partial charge on any atom is -0.508 e. The van der Waals surface area contributed by atoms with Crippen LogP contribution in [0.5, 0.6) is 5.75 Å². The summed E-state index contributed by atoms with van der Waals surface area (Å²) in [5.74, 6) is 0.402. The summed E-state index contributed by atoms with van der Waals surface area (Å²) in [5, 5.41) is 25.9. The van der Waals surface area contributed by atoms with Crippen molar-refractivity contribution in [3.8, 4) is 5.75 Å². The van der Waals surface area contributed by atoms with Crippen molar-refractivity contribution in [2.24, 2.45) is 16.3 Å². The molecule has 2 aliphatic rings. The summed E-state index contributed by atoms with van der Waals surface area (Å²) < 4.78 is 0. The number of rotatable bonds is 7. The van der Waals surface area contributed by atoms with Crippen LogP contribution in [0, 0.1) is 15.7 Å². The Hall–Kier alpha value is -3.80. The van der Waals surface area contributed by atoms with E-state index in [0.29, 0.717) is 18.5 Å². The molecule has 0 amide bonds. The van der Waals surface area contributed by atoms with Gasteiger partial charge in [0.15, 0.2) is 0 Å². The van der Waals surface area contributed by atoms with Gasteiger partial charge in [-0.2, -0.15) is 4.91 Å². The van der Waals surface area contributed by atoms with E-state index < -0.39 is 0 Å². The molecule has 2 aliphatic carbocycles. The van der Waals surface area contributed by atoms with Gasteiger partial charge in [0.25, 0.3) is 0 Å². The second-order valence-corrected chi connectivity index (χ2v) is 8.14. The molecule has 0 saturated heterocycles. The molecule has 4 rings (SSSR count). The van der Waals surface area contributed by atoms with Crippen LogP contribution in [-0.2, 0) is 0 Å². The number of aliphatic hydroxyl groups excluding tert-OH is 1. The van der Waals surface area contributed by atoms with E-state index in [1.165, 1.54) is 0 Å². The number of allylic oxidation sites excluding steroid dienone is 5. The molecule has 0 heterocycles. The van der Waals surface area contributed by atoms with E-state index in [-0.39, 0.29) is 35.3 Å². The van der Waals surface area contributed by atoms with Crippen molar-refractivity contribution in [2.45, 2.75) is 30.7 Å². The predicted octanol–water partition coefficient (Wildman–Crippen LogP) is 6.70.